The minimum Gasteiger partial charge on any atom is -0.497 e. The average molecular weight is 375 g/mol. The number of carbonyl (C=O) groups is 1. The van der Waals surface area contributed by atoms with Gasteiger partial charge in [-0.25, -0.2) is 4.79 Å². The van der Waals surface area contributed by atoms with Crippen molar-refractivity contribution in [2.75, 3.05) is 21.0 Å². The number of benzene rings is 3. The lowest BCUT2D eigenvalue weighted by atomic mass is 9.87. The van der Waals surface area contributed by atoms with Crippen molar-refractivity contribution in [3.63, 3.8) is 0 Å². The van der Waals surface area contributed by atoms with Gasteiger partial charge in [0.2, 0.25) is 6.79 Å². The van der Waals surface area contributed by atoms with Crippen molar-refractivity contribution in [2.45, 2.75) is 6.42 Å². The Morgan fingerprint density at radius 2 is 1.93 bits per heavy atom. The van der Waals surface area contributed by atoms with Gasteiger partial charge in [-0.2, -0.15) is 5.26 Å². The molecule has 1 heterocycles. The van der Waals surface area contributed by atoms with E-state index in [1.165, 1.54) is 7.11 Å². The predicted octanol–water partition coefficient (Wildman–Crippen LogP) is 4.10. The van der Waals surface area contributed by atoms with Gasteiger partial charge in [0.1, 0.15) is 5.75 Å². The first-order chi connectivity index (χ1) is 13.7. The molecule has 0 N–H and O–H groups in total. The molecule has 0 atom stereocenters. The normalized spacial score (nSPS) is 11.9. The molecule has 0 spiro atoms. The van der Waals surface area contributed by atoms with Gasteiger partial charge in [0.25, 0.3) is 0 Å². The molecule has 0 unspecified atom stereocenters. The Labute approximate surface area is 161 Å². The lowest BCUT2D eigenvalue weighted by molar-refractivity contribution is 0.0600. The molecule has 0 bridgehead atoms. The van der Waals surface area contributed by atoms with Crippen LogP contribution in [0.3, 0.4) is 0 Å². The number of nitrogens with zero attached hydrogens (tertiary/aromatic N) is 1. The van der Waals surface area contributed by atoms with Gasteiger partial charge in [0, 0.05) is 5.39 Å². The molecule has 0 amide bonds. The maximum Gasteiger partial charge on any atom is 0.338 e. The molecule has 0 aromatic heterocycles. The fourth-order valence-corrected chi connectivity index (χ4v) is 3.52. The minimum absolute atomic E-state index is 0.0479. The van der Waals surface area contributed by atoms with Gasteiger partial charge < -0.3 is 18.9 Å². The van der Waals surface area contributed by atoms with Crippen LogP contribution in [0.2, 0.25) is 0 Å². The zero-order valence-corrected chi connectivity index (χ0v) is 15.4. The Kier molecular flexibility index (Phi) is 4.50. The average Bonchev–Trinajstić information content (AvgIpc) is 3.22. The van der Waals surface area contributed by atoms with E-state index in [0.717, 1.165) is 21.9 Å². The first kappa shape index (κ1) is 17.7. The summed E-state index contributed by atoms with van der Waals surface area (Å²) in [5.74, 6) is 1.47. The summed E-state index contributed by atoms with van der Waals surface area (Å²) in [6.45, 7) is 0.128. The molecular formula is C22H17NO5. The topological polar surface area (TPSA) is 77.8 Å². The highest BCUT2D eigenvalue weighted by Gasteiger charge is 2.26. The third-order valence-corrected chi connectivity index (χ3v) is 4.79. The van der Waals surface area contributed by atoms with Crippen molar-refractivity contribution < 1.29 is 23.7 Å². The molecular weight excluding hydrogens is 358 g/mol. The maximum absolute atomic E-state index is 12.5. The van der Waals surface area contributed by atoms with E-state index in [9.17, 15) is 10.1 Å². The van der Waals surface area contributed by atoms with E-state index < -0.39 is 5.97 Å². The number of carbonyl (C=O) groups excluding carboxylic acids is 1. The zero-order chi connectivity index (χ0) is 19.7. The van der Waals surface area contributed by atoms with Crippen molar-refractivity contribution in [3.05, 3.63) is 53.6 Å². The van der Waals surface area contributed by atoms with Gasteiger partial charge in [-0.15, -0.1) is 0 Å². The SMILES string of the molecule is COC(=O)c1cc2ccc3c(c2c(-c2ccc(OC)cc2)c1CC#N)OCO3. The number of ether oxygens (including phenoxy) is 4. The lowest BCUT2D eigenvalue weighted by Crippen LogP contribution is -2.08. The molecule has 3 aromatic rings. The Balaban J connectivity index is 2.12. The molecule has 28 heavy (non-hydrogen) atoms. The minimum atomic E-state index is -0.487. The van der Waals surface area contributed by atoms with Crippen LogP contribution in [0.5, 0.6) is 17.2 Å². The standard InChI is InChI=1S/C22H17NO5/c1-25-15-6-3-13(4-7-15)19-16(9-10-23)17(22(24)26-2)11-14-5-8-18-21(20(14)19)28-12-27-18/h3-8,11H,9,12H2,1-2H3. The first-order valence-electron chi connectivity index (χ1n) is 8.65. The molecule has 3 aromatic carbocycles. The van der Waals surface area contributed by atoms with Gasteiger partial charge in [-0.3, -0.25) is 0 Å². The number of nitriles is 1. The lowest BCUT2D eigenvalue weighted by Gasteiger charge is -2.17. The highest BCUT2D eigenvalue weighted by molar-refractivity contribution is 6.09. The van der Waals surface area contributed by atoms with Crippen LogP contribution in [0.25, 0.3) is 21.9 Å². The maximum atomic E-state index is 12.5. The molecule has 140 valence electrons. The monoisotopic (exact) mass is 375 g/mol. The summed E-state index contributed by atoms with van der Waals surface area (Å²) in [6.07, 6.45) is 0.0479. The number of hydrogen-bond acceptors (Lipinski definition) is 6. The third-order valence-electron chi connectivity index (χ3n) is 4.79. The van der Waals surface area contributed by atoms with Crippen molar-refractivity contribution in [1.29, 1.82) is 5.26 Å². The van der Waals surface area contributed by atoms with E-state index in [1.54, 1.807) is 13.2 Å². The number of rotatable bonds is 4. The second-order valence-corrected chi connectivity index (χ2v) is 6.23. The van der Waals surface area contributed by atoms with Crippen LogP contribution < -0.4 is 14.2 Å². The summed E-state index contributed by atoms with van der Waals surface area (Å²) in [5.41, 5.74) is 2.55. The van der Waals surface area contributed by atoms with E-state index in [4.69, 9.17) is 18.9 Å². The number of methoxy groups -OCH3 is 2. The summed E-state index contributed by atoms with van der Waals surface area (Å²) >= 11 is 0. The molecule has 0 saturated heterocycles. The smallest absolute Gasteiger partial charge is 0.338 e. The molecule has 1 aliphatic heterocycles. The van der Waals surface area contributed by atoms with Crippen LogP contribution >= 0.6 is 0 Å². The summed E-state index contributed by atoms with van der Waals surface area (Å²) in [5, 5.41) is 11.0. The van der Waals surface area contributed by atoms with Crippen LogP contribution in [0.4, 0.5) is 0 Å². The van der Waals surface area contributed by atoms with E-state index >= 15 is 0 Å². The Bertz CT molecular complexity index is 1110. The quantitative estimate of drug-likeness (QED) is 0.639. The second-order valence-electron chi connectivity index (χ2n) is 6.23. The molecule has 6 heteroatoms. The molecule has 0 radical (unpaired) electrons. The predicted molar refractivity (Wildman–Crippen MR) is 103 cm³/mol. The molecule has 1 aliphatic rings. The van der Waals surface area contributed by atoms with Gasteiger partial charge in [0.15, 0.2) is 11.5 Å². The van der Waals surface area contributed by atoms with Crippen molar-refractivity contribution in [1.82, 2.24) is 0 Å². The van der Waals surface area contributed by atoms with E-state index in [0.29, 0.717) is 28.4 Å². The highest BCUT2D eigenvalue weighted by Crippen LogP contribution is 2.46. The van der Waals surface area contributed by atoms with Gasteiger partial charge in [-0.1, -0.05) is 18.2 Å². The fourth-order valence-electron chi connectivity index (χ4n) is 3.52. The van der Waals surface area contributed by atoms with E-state index in [-0.39, 0.29) is 13.2 Å². The Hall–Kier alpha value is -3.72. The van der Waals surface area contributed by atoms with Crippen LogP contribution in [-0.4, -0.2) is 27.0 Å². The van der Waals surface area contributed by atoms with Crippen molar-refractivity contribution in [3.8, 4) is 34.4 Å². The molecule has 4 rings (SSSR count). The van der Waals surface area contributed by atoms with Gasteiger partial charge >= 0.3 is 5.97 Å². The van der Waals surface area contributed by atoms with Crippen LogP contribution in [0.15, 0.2) is 42.5 Å². The summed E-state index contributed by atoms with van der Waals surface area (Å²) in [4.78, 5) is 12.5. The Morgan fingerprint density at radius 3 is 2.61 bits per heavy atom. The van der Waals surface area contributed by atoms with Crippen molar-refractivity contribution >= 4 is 16.7 Å². The number of hydrogen-bond donors (Lipinski definition) is 0. The summed E-state index contributed by atoms with van der Waals surface area (Å²) in [7, 11) is 2.93. The van der Waals surface area contributed by atoms with Gasteiger partial charge in [0.05, 0.1) is 32.3 Å². The third kappa shape index (κ3) is 2.78. The van der Waals surface area contributed by atoms with Gasteiger partial charge in [-0.05, 0) is 46.3 Å². The van der Waals surface area contributed by atoms with Crippen LogP contribution in [0.1, 0.15) is 15.9 Å². The summed E-state index contributed by atoms with van der Waals surface area (Å²) in [6, 6.07) is 15.0. The molecule has 0 aliphatic carbocycles. The Morgan fingerprint density at radius 1 is 1.14 bits per heavy atom. The highest BCUT2D eigenvalue weighted by atomic mass is 16.7. The molecule has 0 saturated carbocycles. The molecule has 0 fully saturated rings. The zero-order valence-electron chi connectivity index (χ0n) is 15.4. The van der Waals surface area contributed by atoms with Crippen LogP contribution in [0, 0.1) is 11.3 Å². The summed E-state index contributed by atoms with van der Waals surface area (Å²) < 4.78 is 21.5. The second kappa shape index (κ2) is 7.12. The van der Waals surface area contributed by atoms with Crippen LogP contribution in [-0.2, 0) is 11.2 Å². The van der Waals surface area contributed by atoms with Crippen molar-refractivity contribution in [2.24, 2.45) is 0 Å². The first-order valence-corrected chi connectivity index (χ1v) is 8.65. The van der Waals surface area contributed by atoms with E-state index in [2.05, 4.69) is 6.07 Å². The fraction of sp³-hybridized carbons (Fsp3) is 0.182. The number of esters is 1. The largest absolute Gasteiger partial charge is 0.497 e. The number of fused-ring (bicyclic) bond motifs is 3. The molecule has 6 nitrogen and oxygen atoms in total. The van der Waals surface area contributed by atoms with E-state index in [1.807, 2.05) is 36.4 Å².